The number of carbonyl (C=O) groups excluding carboxylic acids is 1. The van der Waals surface area contributed by atoms with Crippen molar-refractivity contribution in [3.05, 3.63) is 64.2 Å². The highest BCUT2D eigenvalue weighted by atomic mass is 35.5. The minimum absolute atomic E-state index is 0.0321. The van der Waals surface area contributed by atoms with Crippen molar-refractivity contribution in [1.82, 2.24) is 0 Å². The molecule has 0 atom stereocenters. The third-order valence-electron chi connectivity index (χ3n) is 2.95. The van der Waals surface area contributed by atoms with Crippen molar-refractivity contribution in [2.24, 2.45) is 0 Å². The summed E-state index contributed by atoms with van der Waals surface area (Å²) >= 11 is 6.14. The van der Waals surface area contributed by atoms with Crippen LogP contribution < -0.4 is 4.74 Å². The van der Waals surface area contributed by atoms with Crippen LogP contribution in [0.2, 0.25) is 5.02 Å². The molecule has 0 fully saturated rings. The Morgan fingerprint density at radius 3 is 2.68 bits per heavy atom. The molecular weight excluding hydrogens is 260 g/mol. The van der Waals surface area contributed by atoms with Gasteiger partial charge in [-0.3, -0.25) is 4.79 Å². The topological polar surface area (TPSA) is 26.3 Å². The second-order valence-electron chi connectivity index (χ2n) is 4.43. The van der Waals surface area contributed by atoms with Crippen LogP contribution in [0.5, 0.6) is 5.75 Å². The van der Waals surface area contributed by atoms with E-state index in [2.05, 4.69) is 0 Å². The molecule has 0 aliphatic heterocycles. The highest BCUT2D eigenvalue weighted by Crippen LogP contribution is 2.20. The van der Waals surface area contributed by atoms with Crippen LogP contribution in [0.4, 0.5) is 0 Å². The lowest BCUT2D eigenvalue weighted by atomic mass is 10.0. The predicted molar refractivity (Wildman–Crippen MR) is 77.2 cm³/mol. The number of halogens is 1. The second-order valence-corrected chi connectivity index (χ2v) is 4.83. The van der Waals surface area contributed by atoms with Crippen LogP contribution in [-0.4, -0.2) is 12.9 Å². The maximum absolute atomic E-state index is 12.2. The van der Waals surface area contributed by atoms with E-state index in [4.69, 9.17) is 16.3 Å². The number of ether oxygens (including phenoxy) is 1. The van der Waals surface area contributed by atoms with E-state index >= 15 is 0 Å². The van der Waals surface area contributed by atoms with Gasteiger partial charge in [0.2, 0.25) is 0 Å². The molecule has 0 amide bonds. The van der Waals surface area contributed by atoms with Gasteiger partial charge < -0.3 is 4.74 Å². The Bertz CT molecular complexity index is 605. The Hall–Kier alpha value is -1.80. The van der Waals surface area contributed by atoms with Crippen LogP contribution in [0, 0.1) is 6.92 Å². The van der Waals surface area contributed by atoms with Gasteiger partial charge in [0, 0.05) is 17.0 Å². The molecule has 0 bridgehead atoms. The number of rotatable bonds is 4. The lowest BCUT2D eigenvalue weighted by Gasteiger charge is -2.06. The SMILES string of the molecule is COc1cccc(C(=O)Cc2ccc(C)cc2Cl)c1. The van der Waals surface area contributed by atoms with Gasteiger partial charge in [-0.25, -0.2) is 0 Å². The van der Waals surface area contributed by atoms with Gasteiger partial charge >= 0.3 is 0 Å². The molecule has 2 nitrogen and oxygen atoms in total. The fourth-order valence-corrected chi connectivity index (χ4v) is 2.17. The molecule has 0 N–H and O–H groups in total. The smallest absolute Gasteiger partial charge is 0.167 e. The van der Waals surface area contributed by atoms with Crippen LogP contribution in [0.15, 0.2) is 42.5 Å². The summed E-state index contributed by atoms with van der Waals surface area (Å²) in [5, 5.41) is 0.635. The summed E-state index contributed by atoms with van der Waals surface area (Å²) in [6, 6.07) is 12.9. The average molecular weight is 275 g/mol. The maximum atomic E-state index is 12.2. The Morgan fingerprint density at radius 2 is 2.00 bits per heavy atom. The molecule has 2 aromatic rings. The van der Waals surface area contributed by atoms with Crippen molar-refractivity contribution in [3.8, 4) is 5.75 Å². The van der Waals surface area contributed by atoms with Gasteiger partial charge in [0.05, 0.1) is 7.11 Å². The first-order valence-electron chi connectivity index (χ1n) is 6.02. The summed E-state index contributed by atoms with van der Waals surface area (Å²) in [7, 11) is 1.58. The number of benzene rings is 2. The predicted octanol–water partition coefficient (Wildman–Crippen LogP) is 4.08. The van der Waals surface area contributed by atoms with Crippen molar-refractivity contribution in [2.75, 3.05) is 7.11 Å². The first-order chi connectivity index (χ1) is 9.10. The molecule has 0 unspecified atom stereocenters. The van der Waals surface area contributed by atoms with E-state index < -0.39 is 0 Å². The fraction of sp³-hybridized carbons (Fsp3) is 0.188. The highest BCUT2D eigenvalue weighted by molar-refractivity contribution is 6.31. The molecule has 0 aromatic heterocycles. The number of aryl methyl sites for hydroxylation is 1. The molecule has 0 saturated heterocycles. The zero-order valence-electron chi connectivity index (χ0n) is 10.9. The van der Waals surface area contributed by atoms with Crippen molar-refractivity contribution < 1.29 is 9.53 Å². The summed E-state index contributed by atoms with van der Waals surface area (Å²) in [6.45, 7) is 1.97. The van der Waals surface area contributed by atoms with Crippen molar-refractivity contribution >= 4 is 17.4 Å². The van der Waals surface area contributed by atoms with Crippen LogP contribution in [0.3, 0.4) is 0 Å². The Kier molecular flexibility index (Phi) is 4.23. The molecule has 2 aromatic carbocycles. The monoisotopic (exact) mass is 274 g/mol. The maximum Gasteiger partial charge on any atom is 0.167 e. The number of Topliss-reactive ketones (excluding diaryl/α,β-unsaturated/α-hetero) is 1. The van der Waals surface area contributed by atoms with Crippen molar-refractivity contribution in [3.63, 3.8) is 0 Å². The number of hydrogen-bond acceptors (Lipinski definition) is 2. The van der Waals surface area contributed by atoms with Gasteiger partial charge in [-0.15, -0.1) is 0 Å². The quantitative estimate of drug-likeness (QED) is 0.785. The van der Waals surface area contributed by atoms with Gasteiger partial charge in [-0.2, -0.15) is 0 Å². The minimum Gasteiger partial charge on any atom is -0.497 e. The summed E-state index contributed by atoms with van der Waals surface area (Å²) < 4.78 is 5.12. The molecule has 2 rings (SSSR count). The highest BCUT2D eigenvalue weighted by Gasteiger charge is 2.10. The number of carbonyl (C=O) groups is 1. The van der Waals surface area contributed by atoms with Gasteiger partial charge in [-0.05, 0) is 36.2 Å². The van der Waals surface area contributed by atoms with Crippen LogP contribution >= 0.6 is 11.6 Å². The molecule has 98 valence electrons. The zero-order chi connectivity index (χ0) is 13.8. The molecule has 19 heavy (non-hydrogen) atoms. The average Bonchev–Trinajstić information content (AvgIpc) is 2.42. The summed E-state index contributed by atoms with van der Waals surface area (Å²) in [6.07, 6.45) is 0.298. The van der Waals surface area contributed by atoms with Crippen LogP contribution in [0.25, 0.3) is 0 Å². The van der Waals surface area contributed by atoms with E-state index in [0.717, 1.165) is 11.1 Å². The summed E-state index contributed by atoms with van der Waals surface area (Å²) in [5.74, 6) is 0.713. The molecule has 0 saturated carbocycles. The Morgan fingerprint density at radius 1 is 1.21 bits per heavy atom. The largest absolute Gasteiger partial charge is 0.497 e. The van der Waals surface area contributed by atoms with E-state index in [0.29, 0.717) is 22.8 Å². The normalized spacial score (nSPS) is 10.3. The van der Waals surface area contributed by atoms with Gasteiger partial charge in [-0.1, -0.05) is 35.9 Å². The number of ketones is 1. The van der Waals surface area contributed by atoms with E-state index in [1.807, 2.05) is 37.3 Å². The van der Waals surface area contributed by atoms with E-state index in [-0.39, 0.29) is 5.78 Å². The van der Waals surface area contributed by atoms with Crippen molar-refractivity contribution in [1.29, 1.82) is 0 Å². The number of methoxy groups -OCH3 is 1. The Labute approximate surface area is 118 Å². The molecule has 0 spiro atoms. The lowest BCUT2D eigenvalue weighted by Crippen LogP contribution is -2.04. The molecule has 0 aliphatic carbocycles. The standard InChI is InChI=1S/C16H15ClO2/c1-11-6-7-12(15(17)8-11)10-16(18)13-4-3-5-14(9-13)19-2/h3-9H,10H2,1-2H3. The summed E-state index contributed by atoms with van der Waals surface area (Å²) in [5.41, 5.74) is 2.57. The third-order valence-corrected chi connectivity index (χ3v) is 3.30. The first kappa shape index (κ1) is 13.6. The molecular formula is C16H15ClO2. The Balaban J connectivity index is 2.20. The van der Waals surface area contributed by atoms with E-state index in [1.165, 1.54) is 0 Å². The van der Waals surface area contributed by atoms with Gasteiger partial charge in [0.15, 0.2) is 5.78 Å². The van der Waals surface area contributed by atoms with Gasteiger partial charge in [0.1, 0.15) is 5.75 Å². The van der Waals surface area contributed by atoms with Gasteiger partial charge in [0.25, 0.3) is 0 Å². The lowest BCUT2D eigenvalue weighted by molar-refractivity contribution is 0.0992. The van der Waals surface area contributed by atoms with Crippen LogP contribution in [0.1, 0.15) is 21.5 Å². The van der Waals surface area contributed by atoms with E-state index in [1.54, 1.807) is 19.2 Å². The first-order valence-corrected chi connectivity index (χ1v) is 6.40. The molecule has 0 radical (unpaired) electrons. The zero-order valence-corrected chi connectivity index (χ0v) is 11.7. The molecule has 0 aliphatic rings. The second kappa shape index (κ2) is 5.89. The van der Waals surface area contributed by atoms with Crippen molar-refractivity contribution in [2.45, 2.75) is 13.3 Å². The molecule has 3 heteroatoms. The number of hydrogen-bond donors (Lipinski definition) is 0. The third kappa shape index (κ3) is 3.36. The summed E-state index contributed by atoms with van der Waals surface area (Å²) in [4.78, 5) is 12.2. The fourth-order valence-electron chi connectivity index (χ4n) is 1.87. The van der Waals surface area contributed by atoms with Crippen LogP contribution in [-0.2, 0) is 6.42 Å². The molecule has 0 heterocycles. The minimum atomic E-state index is 0.0321. The van der Waals surface area contributed by atoms with E-state index in [9.17, 15) is 4.79 Å².